The van der Waals surface area contributed by atoms with Gasteiger partial charge in [0.25, 0.3) is 0 Å². The van der Waals surface area contributed by atoms with E-state index in [1.165, 1.54) is 48.0 Å². The molecule has 0 spiro atoms. The fourth-order valence-corrected chi connectivity index (χ4v) is 3.05. The number of rotatable bonds is 6. The van der Waals surface area contributed by atoms with Crippen LogP contribution >= 0.6 is 15.9 Å². The molecular weight excluding hydrogens is 300 g/mol. The molecule has 1 unspecified atom stereocenters. The molecule has 2 fully saturated rings. The van der Waals surface area contributed by atoms with Crippen LogP contribution in [0.3, 0.4) is 0 Å². The number of benzene rings is 1. The van der Waals surface area contributed by atoms with Crippen molar-refractivity contribution in [2.24, 2.45) is 5.92 Å². The van der Waals surface area contributed by atoms with Gasteiger partial charge in [-0.1, -0.05) is 22.0 Å². The molecule has 2 nitrogen and oxygen atoms in total. The summed E-state index contributed by atoms with van der Waals surface area (Å²) in [6, 6.07) is 7.93. The summed E-state index contributed by atoms with van der Waals surface area (Å²) in [6.45, 7) is 3.50. The van der Waals surface area contributed by atoms with Crippen LogP contribution in [0.25, 0.3) is 0 Å². The van der Waals surface area contributed by atoms with Gasteiger partial charge in [-0.25, -0.2) is 0 Å². The first-order valence-electron chi connectivity index (χ1n) is 7.42. The van der Waals surface area contributed by atoms with Crippen LogP contribution < -0.4 is 10.2 Å². The number of hydrogen-bond acceptors (Lipinski definition) is 2. The Labute approximate surface area is 124 Å². The highest BCUT2D eigenvalue weighted by atomic mass is 79.9. The van der Waals surface area contributed by atoms with E-state index in [9.17, 15) is 0 Å². The van der Waals surface area contributed by atoms with Gasteiger partial charge in [-0.2, -0.15) is 0 Å². The lowest BCUT2D eigenvalue weighted by atomic mass is 10.0. The topological polar surface area (TPSA) is 15.3 Å². The lowest BCUT2D eigenvalue weighted by molar-refractivity contribution is 0.640. The Morgan fingerprint density at radius 1 is 1.32 bits per heavy atom. The smallest absolute Gasteiger partial charge is 0.0428 e. The lowest BCUT2D eigenvalue weighted by Crippen LogP contribution is -2.30. The molecule has 0 aromatic heterocycles. The van der Waals surface area contributed by atoms with E-state index in [-0.39, 0.29) is 0 Å². The summed E-state index contributed by atoms with van der Waals surface area (Å²) in [4.78, 5) is 2.67. The largest absolute Gasteiger partial charge is 0.368 e. The van der Waals surface area contributed by atoms with Crippen LogP contribution in [0.2, 0.25) is 0 Å². The highest BCUT2D eigenvalue weighted by molar-refractivity contribution is 9.10. The third-order valence-electron chi connectivity index (χ3n) is 4.34. The van der Waals surface area contributed by atoms with Gasteiger partial charge in [0.05, 0.1) is 0 Å². The molecule has 0 heterocycles. The average molecular weight is 323 g/mol. The van der Waals surface area contributed by atoms with Gasteiger partial charge in [0.2, 0.25) is 0 Å². The van der Waals surface area contributed by atoms with Crippen molar-refractivity contribution in [1.29, 1.82) is 0 Å². The predicted molar refractivity (Wildman–Crippen MR) is 84.7 cm³/mol. The summed E-state index contributed by atoms with van der Waals surface area (Å²) >= 11 is 3.64. The molecule has 2 saturated carbocycles. The zero-order valence-electron chi connectivity index (χ0n) is 11.8. The minimum atomic E-state index is 0.406. The Morgan fingerprint density at radius 2 is 2.05 bits per heavy atom. The maximum atomic E-state index is 3.64. The Bertz CT molecular complexity index is 452. The van der Waals surface area contributed by atoms with E-state index in [1.807, 2.05) is 7.05 Å². The van der Waals surface area contributed by atoms with E-state index in [4.69, 9.17) is 0 Å². The van der Waals surface area contributed by atoms with Crippen molar-refractivity contribution >= 4 is 21.6 Å². The highest BCUT2D eigenvalue weighted by Crippen LogP contribution is 2.40. The summed E-state index contributed by atoms with van der Waals surface area (Å²) in [6.07, 6.45) is 5.58. The van der Waals surface area contributed by atoms with Crippen molar-refractivity contribution in [3.8, 4) is 0 Å². The van der Waals surface area contributed by atoms with Crippen LogP contribution in [-0.2, 0) is 0 Å². The minimum Gasteiger partial charge on any atom is -0.368 e. The Morgan fingerprint density at radius 3 is 2.63 bits per heavy atom. The van der Waals surface area contributed by atoms with Crippen LogP contribution in [0.5, 0.6) is 0 Å². The van der Waals surface area contributed by atoms with Crippen molar-refractivity contribution in [3.05, 3.63) is 28.2 Å². The van der Waals surface area contributed by atoms with E-state index in [0.717, 1.165) is 12.0 Å². The molecule has 0 bridgehead atoms. The number of nitrogens with one attached hydrogen (secondary N) is 1. The zero-order valence-corrected chi connectivity index (χ0v) is 13.4. The van der Waals surface area contributed by atoms with Gasteiger partial charge >= 0.3 is 0 Å². The third kappa shape index (κ3) is 3.14. The standard InChI is InChI=1S/C16H23BrN2/c1-11(18-2)15-8-5-13(17)9-16(15)19(14-6-7-14)10-12-3-4-12/h5,8-9,11-12,14,18H,3-4,6-7,10H2,1-2H3. The molecule has 3 rings (SSSR count). The predicted octanol–water partition coefficient (Wildman–Crippen LogP) is 4.11. The number of hydrogen-bond donors (Lipinski definition) is 1. The molecule has 104 valence electrons. The van der Waals surface area contributed by atoms with Crippen molar-refractivity contribution in [1.82, 2.24) is 5.32 Å². The van der Waals surface area contributed by atoms with Crippen LogP contribution in [0.1, 0.15) is 44.2 Å². The molecule has 2 aliphatic carbocycles. The monoisotopic (exact) mass is 322 g/mol. The molecule has 1 atom stereocenters. The normalized spacial score (nSPS) is 20.4. The van der Waals surface area contributed by atoms with Crippen molar-refractivity contribution in [2.45, 2.75) is 44.7 Å². The second-order valence-electron chi connectivity index (χ2n) is 6.04. The van der Waals surface area contributed by atoms with Crippen molar-refractivity contribution < 1.29 is 0 Å². The highest BCUT2D eigenvalue weighted by Gasteiger charge is 2.35. The number of nitrogens with zero attached hydrogens (tertiary/aromatic N) is 1. The first-order valence-corrected chi connectivity index (χ1v) is 8.21. The van der Waals surface area contributed by atoms with Gasteiger partial charge in [0, 0.05) is 28.8 Å². The summed E-state index contributed by atoms with van der Waals surface area (Å²) in [5.74, 6) is 0.942. The molecular formula is C16H23BrN2. The van der Waals surface area contributed by atoms with Crippen LogP contribution in [0.4, 0.5) is 5.69 Å². The van der Waals surface area contributed by atoms with E-state index >= 15 is 0 Å². The second-order valence-corrected chi connectivity index (χ2v) is 6.96. The summed E-state index contributed by atoms with van der Waals surface area (Å²) in [5, 5.41) is 3.38. The van der Waals surface area contributed by atoms with Gasteiger partial charge in [0.15, 0.2) is 0 Å². The van der Waals surface area contributed by atoms with E-state index < -0.39 is 0 Å². The number of anilines is 1. The fraction of sp³-hybridized carbons (Fsp3) is 0.625. The zero-order chi connectivity index (χ0) is 13.4. The summed E-state index contributed by atoms with van der Waals surface area (Å²) in [5.41, 5.74) is 2.86. The molecule has 1 aromatic rings. The molecule has 1 aromatic carbocycles. The fourth-order valence-electron chi connectivity index (χ4n) is 2.70. The lowest BCUT2D eigenvalue weighted by Gasteiger charge is -2.29. The van der Waals surface area contributed by atoms with Crippen LogP contribution in [0.15, 0.2) is 22.7 Å². The van der Waals surface area contributed by atoms with Gasteiger partial charge in [-0.15, -0.1) is 0 Å². The second kappa shape index (κ2) is 5.45. The maximum absolute atomic E-state index is 3.64. The number of halogens is 1. The molecule has 0 radical (unpaired) electrons. The Hall–Kier alpha value is -0.540. The third-order valence-corrected chi connectivity index (χ3v) is 4.83. The quantitative estimate of drug-likeness (QED) is 0.847. The molecule has 0 aliphatic heterocycles. The van der Waals surface area contributed by atoms with E-state index in [1.54, 1.807) is 0 Å². The first-order chi connectivity index (χ1) is 9.19. The minimum absolute atomic E-state index is 0.406. The molecule has 0 saturated heterocycles. The van der Waals surface area contributed by atoms with Crippen molar-refractivity contribution in [3.63, 3.8) is 0 Å². The van der Waals surface area contributed by atoms with Crippen LogP contribution in [0, 0.1) is 5.92 Å². The Balaban J connectivity index is 1.92. The van der Waals surface area contributed by atoms with E-state index in [2.05, 4.69) is 51.3 Å². The van der Waals surface area contributed by atoms with Gasteiger partial charge in [-0.05, 0) is 63.3 Å². The van der Waals surface area contributed by atoms with Gasteiger partial charge in [-0.3, -0.25) is 0 Å². The molecule has 1 N–H and O–H groups in total. The first kappa shape index (κ1) is 13.4. The molecule has 3 heteroatoms. The SMILES string of the molecule is CNC(C)c1ccc(Br)cc1N(CC1CC1)C1CC1. The molecule has 0 amide bonds. The summed E-state index contributed by atoms with van der Waals surface area (Å²) < 4.78 is 1.19. The van der Waals surface area contributed by atoms with E-state index in [0.29, 0.717) is 6.04 Å². The van der Waals surface area contributed by atoms with Crippen molar-refractivity contribution in [2.75, 3.05) is 18.5 Å². The van der Waals surface area contributed by atoms with Crippen LogP contribution in [-0.4, -0.2) is 19.6 Å². The van der Waals surface area contributed by atoms with Gasteiger partial charge in [0.1, 0.15) is 0 Å². The maximum Gasteiger partial charge on any atom is 0.0428 e. The summed E-state index contributed by atoms with van der Waals surface area (Å²) in [7, 11) is 2.04. The van der Waals surface area contributed by atoms with Gasteiger partial charge < -0.3 is 10.2 Å². The molecule has 2 aliphatic rings. The average Bonchev–Trinajstić information content (AvgIpc) is 3.27. The molecule has 19 heavy (non-hydrogen) atoms. The Kier molecular flexibility index (Phi) is 3.86.